The lowest BCUT2D eigenvalue weighted by Crippen LogP contribution is -2.32. The number of aryl methyl sites for hydroxylation is 1. The Bertz CT molecular complexity index is 718. The molecule has 0 aliphatic heterocycles. The molecule has 3 N–H and O–H groups in total. The van der Waals surface area contributed by atoms with Crippen molar-refractivity contribution in [2.45, 2.75) is 13.8 Å². The van der Waals surface area contributed by atoms with Crippen molar-refractivity contribution in [3.8, 4) is 5.75 Å². The fourth-order valence-electron chi connectivity index (χ4n) is 2.21. The van der Waals surface area contributed by atoms with E-state index in [9.17, 15) is 4.79 Å². The maximum atomic E-state index is 11.9. The lowest BCUT2D eigenvalue weighted by molar-refractivity contribution is 0.252. The Morgan fingerprint density at radius 2 is 1.88 bits per heavy atom. The molecule has 1 aromatic heterocycles. The summed E-state index contributed by atoms with van der Waals surface area (Å²) in [5.41, 5.74) is 0.709. The first-order valence-electron chi connectivity index (χ1n) is 8.52. The smallest absolute Gasteiger partial charge is 0.319 e. The second kappa shape index (κ2) is 9.45. The minimum atomic E-state index is -0.260. The van der Waals surface area contributed by atoms with Gasteiger partial charge in [-0.15, -0.1) is 0 Å². The maximum Gasteiger partial charge on any atom is 0.319 e. The van der Waals surface area contributed by atoms with E-state index < -0.39 is 0 Å². The van der Waals surface area contributed by atoms with Gasteiger partial charge in [-0.1, -0.05) is 0 Å². The number of urea groups is 1. The minimum absolute atomic E-state index is 0.260. The number of hydrogen-bond donors (Lipinski definition) is 3. The molecule has 2 aromatic rings. The molecule has 0 atom stereocenters. The summed E-state index contributed by atoms with van der Waals surface area (Å²) >= 11 is 0. The molecule has 0 saturated heterocycles. The molecule has 2 rings (SSSR count). The highest BCUT2D eigenvalue weighted by Gasteiger charge is 2.04. The number of rotatable bonds is 8. The summed E-state index contributed by atoms with van der Waals surface area (Å²) in [6.07, 6.45) is 0. The third kappa shape index (κ3) is 6.12. The monoisotopic (exact) mass is 358 g/mol. The van der Waals surface area contributed by atoms with Crippen LogP contribution in [0.4, 0.5) is 22.1 Å². The van der Waals surface area contributed by atoms with Gasteiger partial charge in [-0.2, -0.15) is 0 Å². The Balaban J connectivity index is 1.75. The number of aromatic nitrogens is 2. The molecular formula is C18H26N6O2. The van der Waals surface area contributed by atoms with E-state index in [4.69, 9.17) is 4.74 Å². The second-order valence-corrected chi connectivity index (χ2v) is 5.82. The van der Waals surface area contributed by atoms with Crippen LogP contribution in [-0.2, 0) is 0 Å². The second-order valence-electron chi connectivity index (χ2n) is 5.82. The molecule has 0 bridgehead atoms. The van der Waals surface area contributed by atoms with Crippen LogP contribution in [0.15, 0.2) is 30.3 Å². The Morgan fingerprint density at radius 3 is 2.54 bits per heavy atom. The van der Waals surface area contributed by atoms with Gasteiger partial charge < -0.3 is 25.6 Å². The summed E-state index contributed by atoms with van der Waals surface area (Å²) in [7, 11) is 3.86. The predicted octanol–water partition coefficient (Wildman–Crippen LogP) is 2.48. The molecule has 2 amide bonds. The van der Waals surface area contributed by atoms with E-state index in [1.165, 1.54) is 0 Å². The summed E-state index contributed by atoms with van der Waals surface area (Å²) in [5, 5.41) is 8.76. The highest BCUT2D eigenvalue weighted by molar-refractivity contribution is 5.89. The van der Waals surface area contributed by atoms with E-state index in [-0.39, 0.29) is 6.03 Å². The number of nitrogens with zero attached hydrogens (tertiary/aromatic N) is 3. The van der Waals surface area contributed by atoms with E-state index in [0.717, 1.165) is 17.4 Å². The van der Waals surface area contributed by atoms with Gasteiger partial charge in [-0.3, -0.25) is 0 Å². The van der Waals surface area contributed by atoms with Crippen LogP contribution in [0.1, 0.15) is 12.7 Å². The molecule has 1 aromatic carbocycles. The summed E-state index contributed by atoms with van der Waals surface area (Å²) < 4.78 is 5.37. The van der Waals surface area contributed by atoms with Gasteiger partial charge in [-0.05, 0) is 38.1 Å². The van der Waals surface area contributed by atoms with Crippen LogP contribution in [0.2, 0.25) is 0 Å². The van der Waals surface area contributed by atoms with Crippen molar-refractivity contribution < 1.29 is 9.53 Å². The molecule has 0 aliphatic rings. The van der Waals surface area contributed by atoms with Crippen molar-refractivity contribution in [3.63, 3.8) is 0 Å². The Labute approximate surface area is 154 Å². The zero-order valence-electron chi connectivity index (χ0n) is 15.7. The summed E-state index contributed by atoms with van der Waals surface area (Å²) in [5.74, 6) is 3.04. The van der Waals surface area contributed by atoms with Crippen LogP contribution in [0.3, 0.4) is 0 Å². The number of amides is 2. The Morgan fingerprint density at radius 1 is 1.15 bits per heavy atom. The third-order valence-corrected chi connectivity index (χ3v) is 3.42. The first kappa shape index (κ1) is 19.3. The molecule has 0 unspecified atom stereocenters. The van der Waals surface area contributed by atoms with Crippen molar-refractivity contribution >= 4 is 23.4 Å². The highest BCUT2D eigenvalue weighted by Crippen LogP contribution is 2.15. The normalized spacial score (nSPS) is 10.2. The molecule has 8 heteroatoms. The average Bonchev–Trinajstić information content (AvgIpc) is 2.60. The van der Waals surface area contributed by atoms with Crippen molar-refractivity contribution in [1.29, 1.82) is 0 Å². The molecule has 140 valence electrons. The van der Waals surface area contributed by atoms with Crippen molar-refractivity contribution in [2.75, 3.05) is 49.3 Å². The number of nitrogens with one attached hydrogen (secondary N) is 3. The average molecular weight is 358 g/mol. The highest BCUT2D eigenvalue weighted by atomic mass is 16.5. The molecule has 26 heavy (non-hydrogen) atoms. The van der Waals surface area contributed by atoms with Gasteiger partial charge in [0.2, 0.25) is 0 Å². The quantitative estimate of drug-likeness (QED) is 0.628. The SMILES string of the molecule is CCOc1ccc(NC(=O)NCCNc2cc(N(C)C)nc(C)n2)cc1. The van der Waals surface area contributed by atoms with Crippen LogP contribution in [-0.4, -0.2) is 49.8 Å². The molecule has 0 aliphatic carbocycles. The number of carbonyl (C=O) groups excluding carboxylic acids is 1. The fourth-order valence-corrected chi connectivity index (χ4v) is 2.21. The minimum Gasteiger partial charge on any atom is -0.494 e. The zero-order valence-corrected chi connectivity index (χ0v) is 15.7. The van der Waals surface area contributed by atoms with Crippen molar-refractivity contribution in [1.82, 2.24) is 15.3 Å². The molecule has 8 nitrogen and oxygen atoms in total. The number of anilines is 3. The van der Waals surface area contributed by atoms with E-state index in [2.05, 4.69) is 25.9 Å². The first-order valence-corrected chi connectivity index (χ1v) is 8.52. The van der Waals surface area contributed by atoms with Crippen LogP contribution < -0.4 is 25.6 Å². The van der Waals surface area contributed by atoms with Gasteiger partial charge in [0.05, 0.1) is 6.61 Å². The van der Waals surface area contributed by atoms with E-state index in [0.29, 0.717) is 31.2 Å². The molecule has 0 saturated carbocycles. The van der Waals surface area contributed by atoms with E-state index >= 15 is 0 Å². The fraction of sp³-hybridized carbons (Fsp3) is 0.389. The molecular weight excluding hydrogens is 332 g/mol. The van der Waals surface area contributed by atoms with Crippen LogP contribution >= 0.6 is 0 Å². The Hall–Kier alpha value is -3.03. The van der Waals surface area contributed by atoms with Gasteiger partial charge >= 0.3 is 6.03 Å². The lowest BCUT2D eigenvalue weighted by Gasteiger charge is -2.14. The van der Waals surface area contributed by atoms with Gasteiger partial charge in [0, 0.05) is 38.9 Å². The molecule has 0 fully saturated rings. The van der Waals surface area contributed by atoms with Gasteiger partial charge in [0.15, 0.2) is 0 Å². The molecule has 1 heterocycles. The third-order valence-electron chi connectivity index (χ3n) is 3.42. The first-order chi connectivity index (χ1) is 12.5. The van der Waals surface area contributed by atoms with Crippen LogP contribution in [0.5, 0.6) is 5.75 Å². The van der Waals surface area contributed by atoms with Gasteiger partial charge in [-0.25, -0.2) is 14.8 Å². The number of hydrogen-bond acceptors (Lipinski definition) is 6. The van der Waals surface area contributed by atoms with Gasteiger partial charge in [0.1, 0.15) is 23.2 Å². The van der Waals surface area contributed by atoms with Crippen LogP contribution in [0, 0.1) is 6.92 Å². The summed E-state index contributed by atoms with van der Waals surface area (Å²) in [6.45, 7) is 5.41. The van der Waals surface area contributed by atoms with Crippen molar-refractivity contribution in [2.24, 2.45) is 0 Å². The maximum absolute atomic E-state index is 11.9. The number of carbonyl (C=O) groups is 1. The molecule has 0 spiro atoms. The lowest BCUT2D eigenvalue weighted by atomic mass is 10.3. The molecule has 0 radical (unpaired) electrons. The van der Waals surface area contributed by atoms with Gasteiger partial charge in [0.25, 0.3) is 0 Å². The van der Waals surface area contributed by atoms with Crippen LogP contribution in [0.25, 0.3) is 0 Å². The standard InChI is InChI=1S/C18H26N6O2/c1-5-26-15-8-6-14(7-9-15)23-18(25)20-11-10-19-16-12-17(24(3)4)22-13(2)21-16/h6-9,12H,5,10-11H2,1-4H3,(H,19,21,22)(H2,20,23,25). The van der Waals surface area contributed by atoms with Crippen molar-refractivity contribution in [3.05, 3.63) is 36.2 Å². The largest absolute Gasteiger partial charge is 0.494 e. The van der Waals surface area contributed by atoms with E-state index in [1.807, 2.05) is 51.0 Å². The Kier molecular flexibility index (Phi) is 7.02. The summed E-state index contributed by atoms with van der Waals surface area (Å²) in [6, 6.07) is 8.85. The number of benzene rings is 1. The topological polar surface area (TPSA) is 91.4 Å². The van der Waals surface area contributed by atoms with E-state index in [1.54, 1.807) is 12.1 Å². The number of ether oxygens (including phenoxy) is 1. The zero-order chi connectivity index (χ0) is 18.9. The predicted molar refractivity (Wildman–Crippen MR) is 104 cm³/mol. The summed E-state index contributed by atoms with van der Waals surface area (Å²) in [4.78, 5) is 22.5.